The second-order valence-corrected chi connectivity index (χ2v) is 7.70. The van der Waals surface area contributed by atoms with E-state index in [2.05, 4.69) is 16.0 Å². The zero-order chi connectivity index (χ0) is 23.8. The van der Waals surface area contributed by atoms with Crippen LogP contribution < -0.4 is 16.0 Å². The van der Waals surface area contributed by atoms with Gasteiger partial charge in [-0.1, -0.05) is 50.2 Å². The second-order valence-electron chi connectivity index (χ2n) is 7.70. The minimum absolute atomic E-state index is 0.0568. The van der Waals surface area contributed by atoms with Gasteiger partial charge in [0.1, 0.15) is 6.04 Å². The number of carboxylic acid groups (broad SMARTS) is 1. The molecule has 0 aliphatic heterocycles. The lowest BCUT2D eigenvalue weighted by Gasteiger charge is -2.22. The molecule has 9 nitrogen and oxygen atoms in total. The lowest BCUT2D eigenvalue weighted by Crippen LogP contribution is -2.54. The fourth-order valence-electron chi connectivity index (χ4n) is 3.11. The lowest BCUT2D eigenvalue weighted by molar-refractivity contribution is -0.140. The van der Waals surface area contributed by atoms with Crippen molar-refractivity contribution in [3.8, 4) is 0 Å². The van der Waals surface area contributed by atoms with Gasteiger partial charge < -0.3 is 25.9 Å². The van der Waals surface area contributed by atoms with Gasteiger partial charge in [0.05, 0.1) is 18.1 Å². The van der Waals surface area contributed by atoms with Crippen molar-refractivity contribution in [3.63, 3.8) is 0 Å². The highest BCUT2D eigenvalue weighted by molar-refractivity contribution is 6.59. The van der Waals surface area contributed by atoms with Gasteiger partial charge in [0, 0.05) is 11.1 Å². The first-order valence-corrected chi connectivity index (χ1v) is 9.99. The van der Waals surface area contributed by atoms with Gasteiger partial charge in [-0.2, -0.15) is 0 Å². The van der Waals surface area contributed by atoms with E-state index >= 15 is 0 Å². The first-order chi connectivity index (χ1) is 15.1. The first-order valence-electron chi connectivity index (χ1n) is 9.99. The van der Waals surface area contributed by atoms with Gasteiger partial charge in [0.15, 0.2) is 7.85 Å². The van der Waals surface area contributed by atoms with E-state index in [0.29, 0.717) is 5.69 Å². The molecule has 0 saturated carbocycles. The Morgan fingerprint density at radius 3 is 2.19 bits per heavy atom. The van der Waals surface area contributed by atoms with E-state index in [1.807, 2.05) is 18.2 Å². The number of nitrogens with one attached hydrogen (secondary N) is 3. The molecule has 2 rings (SSSR count). The third-order valence-corrected chi connectivity index (χ3v) is 4.61. The maximum absolute atomic E-state index is 12.6. The van der Waals surface area contributed by atoms with E-state index in [-0.39, 0.29) is 12.3 Å². The Kier molecular flexibility index (Phi) is 8.51. The van der Waals surface area contributed by atoms with E-state index in [4.69, 9.17) is 13.0 Å². The molecule has 32 heavy (non-hydrogen) atoms. The maximum Gasteiger partial charge on any atom is 0.313 e. The molecule has 0 aliphatic carbocycles. The van der Waals surface area contributed by atoms with Crippen LogP contribution in [0.2, 0.25) is 0 Å². The number of anilines is 1. The Bertz CT molecular complexity index is 1030. The van der Waals surface area contributed by atoms with Crippen molar-refractivity contribution in [1.82, 2.24) is 10.6 Å². The van der Waals surface area contributed by atoms with Crippen molar-refractivity contribution < 1.29 is 29.1 Å². The SMILES string of the molecule is [B]C(=O)[C@H](CC(=O)O)NC(=O)[C@H](CC(C)C)NC(=O)C(=O)Nc1cccc2ccccc12. The topological polar surface area (TPSA) is 142 Å². The molecule has 0 heterocycles. The van der Waals surface area contributed by atoms with Crippen molar-refractivity contribution in [2.75, 3.05) is 5.32 Å². The van der Waals surface area contributed by atoms with Gasteiger partial charge in [-0.05, 0) is 23.8 Å². The molecular formula is C22H24BN3O6. The Hall–Kier alpha value is -3.69. The summed E-state index contributed by atoms with van der Waals surface area (Å²) >= 11 is 0. The molecule has 0 fully saturated rings. The molecule has 4 N–H and O–H groups in total. The van der Waals surface area contributed by atoms with E-state index in [0.717, 1.165) is 10.8 Å². The summed E-state index contributed by atoms with van der Waals surface area (Å²) < 4.78 is 0. The van der Waals surface area contributed by atoms with Crippen LogP contribution in [-0.4, -0.2) is 54.4 Å². The fraction of sp³-hybridized carbons (Fsp3) is 0.318. The number of benzene rings is 2. The molecule has 166 valence electrons. The Balaban J connectivity index is 2.12. The van der Waals surface area contributed by atoms with Gasteiger partial charge in [-0.3, -0.25) is 19.2 Å². The van der Waals surface area contributed by atoms with Crippen LogP contribution in [0.5, 0.6) is 0 Å². The summed E-state index contributed by atoms with van der Waals surface area (Å²) in [5.41, 5.74) is -0.590. The number of hydrogen-bond donors (Lipinski definition) is 4. The summed E-state index contributed by atoms with van der Waals surface area (Å²) in [5.74, 6) is -4.21. The monoisotopic (exact) mass is 437 g/mol. The number of aliphatic carboxylic acids is 1. The van der Waals surface area contributed by atoms with E-state index in [1.165, 1.54) is 0 Å². The fourth-order valence-corrected chi connectivity index (χ4v) is 3.11. The molecule has 0 aliphatic rings. The Morgan fingerprint density at radius 1 is 0.906 bits per heavy atom. The molecule has 2 aromatic carbocycles. The number of carbonyl (C=O) groups excluding carboxylic acids is 4. The molecule has 3 amide bonds. The summed E-state index contributed by atoms with van der Waals surface area (Å²) in [6, 6.07) is 9.93. The minimum Gasteiger partial charge on any atom is -0.481 e. The van der Waals surface area contributed by atoms with Crippen LogP contribution in [0.15, 0.2) is 42.5 Å². The van der Waals surface area contributed by atoms with Crippen molar-refractivity contribution in [2.24, 2.45) is 5.92 Å². The molecular weight excluding hydrogens is 413 g/mol. The van der Waals surface area contributed by atoms with Crippen molar-refractivity contribution >= 4 is 53.7 Å². The summed E-state index contributed by atoms with van der Waals surface area (Å²) in [5, 5.41) is 17.6. The molecule has 0 saturated heterocycles. The third kappa shape index (κ3) is 6.93. The molecule has 0 unspecified atom stereocenters. The van der Waals surface area contributed by atoms with Crippen LogP contribution in [-0.2, 0) is 24.0 Å². The van der Waals surface area contributed by atoms with E-state index in [9.17, 15) is 24.0 Å². The summed E-state index contributed by atoms with van der Waals surface area (Å²) in [6.45, 7) is 3.59. The molecule has 2 radical (unpaired) electrons. The van der Waals surface area contributed by atoms with Gasteiger partial charge in [-0.15, -0.1) is 0 Å². The summed E-state index contributed by atoms with van der Waals surface area (Å²) in [4.78, 5) is 59.9. The van der Waals surface area contributed by atoms with Gasteiger partial charge >= 0.3 is 17.8 Å². The standard InChI is InChI=1S/C22H24BN3O6/c1-12(2)10-17(20(30)25-16(19(23)29)11-18(27)28)26-22(32)21(31)24-15-9-5-7-13-6-3-4-8-14(13)15/h3-9,12,16-17H,10-11H2,1-2H3,(H,24,31)(H,25,30)(H,26,32)(H,27,28)/t16-,17-/m0/s1. The Morgan fingerprint density at radius 2 is 1.56 bits per heavy atom. The highest BCUT2D eigenvalue weighted by atomic mass is 16.4. The smallest absolute Gasteiger partial charge is 0.313 e. The average Bonchev–Trinajstić information content (AvgIpc) is 2.72. The largest absolute Gasteiger partial charge is 0.481 e. The first kappa shape index (κ1) is 24.6. The number of fused-ring (bicyclic) bond motifs is 1. The number of amides is 3. The highest BCUT2D eigenvalue weighted by Crippen LogP contribution is 2.22. The number of carboxylic acids is 1. The highest BCUT2D eigenvalue weighted by Gasteiger charge is 2.28. The molecule has 10 heteroatoms. The van der Waals surface area contributed by atoms with E-state index < -0.39 is 47.9 Å². The van der Waals surface area contributed by atoms with Gasteiger partial charge in [0.25, 0.3) is 0 Å². The quantitative estimate of drug-likeness (QED) is 0.340. The molecule has 0 bridgehead atoms. The van der Waals surface area contributed by atoms with Crippen LogP contribution in [0.4, 0.5) is 5.69 Å². The van der Waals surface area contributed by atoms with Crippen molar-refractivity contribution in [3.05, 3.63) is 42.5 Å². The average molecular weight is 437 g/mol. The summed E-state index contributed by atoms with van der Waals surface area (Å²) in [6.07, 6.45) is -0.553. The Labute approximate surface area is 186 Å². The number of rotatable bonds is 9. The normalized spacial score (nSPS) is 12.6. The summed E-state index contributed by atoms with van der Waals surface area (Å²) in [7, 11) is 5.15. The zero-order valence-electron chi connectivity index (χ0n) is 17.8. The van der Waals surface area contributed by atoms with E-state index in [1.54, 1.807) is 38.1 Å². The van der Waals surface area contributed by atoms with Gasteiger partial charge in [0.2, 0.25) is 5.91 Å². The number of hydrogen-bond acceptors (Lipinski definition) is 5. The lowest BCUT2D eigenvalue weighted by atomic mass is 9.92. The van der Waals surface area contributed by atoms with Crippen LogP contribution in [0, 0.1) is 5.92 Å². The van der Waals surface area contributed by atoms with Gasteiger partial charge in [-0.25, -0.2) is 0 Å². The predicted octanol–water partition coefficient (Wildman–Crippen LogP) is 0.964. The molecule has 2 aromatic rings. The third-order valence-electron chi connectivity index (χ3n) is 4.61. The second kappa shape index (κ2) is 11.1. The number of carbonyl (C=O) groups is 5. The maximum atomic E-state index is 12.6. The van der Waals surface area contributed by atoms with Crippen LogP contribution in [0.3, 0.4) is 0 Å². The minimum atomic E-state index is -1.45. The molecule has 0 aromatic heterocycles. The molecule has 0 spiro atoms. The van der Waals surface area contributed by atoms with Crippen LogP contribution >= 0.6 is 0 Å². The van der Waals surface area contributed by atoms with Crippen LogP contribution in [0.1, 0.15) is 26.7 Å². The molecule has 2 atom stereocenters. The van der Waals surface area contributed by atoms with Crippen LogP contribution in [0.25, 0.3) is 10.8 Å². The van der Waals surface area contributed by atoms with Crippen molar-refractivity contribution in [1.29, 1.82) is 0 Å². The zero-order valence-corrected chi connectivity index (χ0v) is 17.8. The van der Waals surface area contributed by atoms with Crippen molar-refractivity contribution in [2.45, 2.75) is 38.8 Å². The predicted molar refractivity (Wildman–Crippen MR) is 119 cm³/mol.